The van der Waals surface area contributed by atoms with E-state index in [1.54, 1.807) is 6.07 Å². The van der Waals surface area contributed by atoms with Crippen LogP contribution in [-0.2, 0) is 4.79 Å². The minimum atomic E-state index is -0.287. The summed E-state index contributed by atoms with van der Waals surface area (Å²) in [6.45, 7) is 6.91. The van der Waals surface area contributed by atoms with Crippen LogP contribution in [0.1, 0.15) is 37.2 Å². The number of ether oxygens (including phenoxy) is 1. The van der Waals surface area contributed by atoms with Gasteiger partial charge in [-0.3, -0.25) is 4.79 Å². The number of hydrogen-bond acceptors (Lipinski definition) is 7. The van der Waals surface area contributed by atoms with Crippen molar-refractivity contribution in [2.45, 2.75) is 31.6 Å². The molecule has 9 nitrogen and oxygen atoms in total. The number of aromatic nitrogens is 3. The zero-order valence-corrected chi connectivity index (χ0v) is 22.0. The first-order valence-electron chi connectivity index (χ1n) is 13.4. The van der Waals surface area contributed by atoms with Crippen molar-refractivity contribution in [2.75, 3.05) is 43.4 Å². The molecule has 2 fully saturated rings. The van der Waals surface area contributed by atoms with E-state index in [2.05, 4.69) is 44.0 Å². The highest BCUT2D eigenvalue weighted by Crippen LogP contribution is 2.45. The molecule has 2 aliphatic carbocycles. The summed E-state index contributed by atoms with van der Waals surface area (Å²) in [5.41, 5.74) is 3.70. The van der Waals surface area contributed by atoms with E-state index in [4.69, 9.17) is 9.72 Å². The molecule has 0 radical (unpaired) electrons. The molecule has 3 aliphatic rings. The Morgan fingerprint density at radius 2 is 2.05 bits per heavy atom. The van der Waals surface area contributed by atoms with Crippen LogP contribution in [0.3, 0.4) is 0 Å². The Morgan fingerprint density at radius 3 is 2.79 bits per heavy atom. The number of nitrogens with zero attached hydrogens (tertiary/aromatic N) is 4. The normalized spacial score (nSPS) is 17.9. The number of piperazine rings is 1. The predicted octanol–water partition coefficient (Wildman–Crippen LogP) is 4.71. The number of benzene rings is 1. The molecule has 1 aliphatic heterocycles. The lowest BCUT2D eigenvalue weighted by molar-refractivity contribution is -0.115. The molecule has 3 aromatic rings. The van der Waals surface area contributed by atoms with E-state index in [9.17, 15) is 4.79 Å². The second kappa shape index (κ2) is 10.5. The molecule has 10 heteroatoms. The Kier molecular flexibility index (Phi) is 6.78. The third-order valence-corrected chi connectivity index (χ3v) is 7.35. The molecule has 202 valence electrons. The average molecular weight is 530 g/mol. The van der Waals surface area contributed by atoms with Gasteiger partial charge in [0.25, 0.3) is 0 Å². The Labute approximate surface area is 226 Å². The van der Waals surface area contributed by atoms with Gasteiger partial charge < -0.3 is 30.2 Å². The zero-order chi connectivity index (χ0) is 26.9. The molecule has 1 amide bonds. The maximum Gasteiger partial charge on any atom is 0.247 e. The van der Waals surface area contributed by atoms with Crippen LogP contribution in [0.15, 0.2) is 60.7 Å². The minimum absolute atomic E-state index is 0.258. The molecule has 0 bridgehead atoms. The van der Waals surface area contributed by atoms with E-state index < -0.39 is 0 Å². The fourth-order valence-electron chi connectivity index (χ4n) is 5.05. The number of halogens is 1. The topological polar surface area (TPSA) is 98.4 Å². The monoisotopic (exact) mass is 529 g/mol. The first-order valence-corrected chi connectivity index (χ1v) is 13.4. The number of carbonyl (C=O) groups excluding carboxylic acids is 1. The summed E-state index contributed by atoms with van der Waals surface area (Å²) in [6, 6.07) is 5.12. The first kappa shape index (κ1) is 25.1. The number of H-pyrrole nitrogens is 1. The molecule has 0 spiro atoms. The summed E-state index contributed by atoms with van der Waals surface area (Å²) in [6.07, 6.45) is 10.7. The van der Waals surface area contributed by atoms with Gasteiger partial charge in [-0.2, -0.15) is 9.97 Å². The van der Waals surface area contributed by atoms with Crippen LogP contribution >= 0.6 is 0 Å². The van der Waals surface area contributed by atoms with Crippen LogP contribution in [0.2, 0.25) is 0 Å². The van der Waals surface area contributed by atoms with Crippen molar-refractivity contribution < 1.29 is 13.9 Å². The van der Waals surface area contributed by atoms with Crippen molar-refractivity contribution in [1.29, 1.82) is 0 Å². The maximum absolute atomic E-state index is 15.1. The molecule has 3 N–H and O–H groups in total. The van der Waals surface area contributed by atoms with Gasteiger partial charge in [-0.25, -0.2) is 4.39 Å². The zero-order valence-electron chi connectivity index (χ0n) is 22.0. The van der Waals surface area contributed by atoms with Gasteiger partial charge in [-0.05, 0) is 80.6 Å². The van der Waals surface area contributed by atoms with Gasteiger partial charge in [0.2, 0.25) is 17.7 Å². The molecule has 1 aromatic carbocycles. The highest BCUT2D eigenvalue weighted by Gasteiger charge is 2.29. The van der Waals surface area contributed by atoms with Crippen LogP contribution in [0.25, 0.3) is 11.0 Å². The number of nitrogens with one attached hydrogen (secondary N) is 3. The number of carbonyl (C=O) groups is 1. The lowest BCUT2D eigenvalue weighted by atomic mass is 10.1. The molecule has 1 saturated carbocycles. The molecule has 2 aromatic heterocycles. The minimum Gasteiger partial charge on any atom is -0.438 e. The van der Waals surface area contributed by atoms with E-state index in [0.717, 1.165) is 62.1 Å². The van der Waals surface area contributed by atoms with Crippen molar-refractivity contribution in [3.8, 4) is 5.88 Å². The van der Waals surface area contributed by atoms with E-state index in [1.165, 1.54) is 12.1 Å². The van der Waals surface area contributed by atoms with E-state index >= 15 is 4.39 Å². The highest BCUT2D eigenvalue weighted by molar-refractivity contribution is 5.88. The van der Waals surface area contributed by atoms with Crippen LogP contribution in [-0.4, -0.2) is 59.0 Å². The first-order chi connectivity index (χ1) is 19.0. The SMILES string of the molecule is C=CC(=O)NC1=CC(Oc2nc(Nc3ccc(N4CCN(C)CC4)c(F)c3)nc3[nH]cc(C4CC4)c23)=CCC1. The average Bonchev–Trinajstić information content (AvgIpc) is 3.68. The highest BCUT2D eigenvalue weighted by atomic mass is 19.1. The van der Waals surface area contributed by atoms with Gasteiger partial charge in [0.15, 0.2) is 0 Å². The molecule has 0 atom stereocenters. The summed E-state index contributed by atoms with van der Waals surface area (Å²) < 4.78 is 21.4. The summed E-state index contributed by atoms with van der Waals surface area (Å²) in [5.74, 6) is 1.22. The Balaban J connectivity index is 1.28. The summed E-state index contributed by atoms with van der Waals surface area (Å²) in [4.78, 5) is 28.7. The summed E-state index contributed by atoms with van der Waals surface area (Å²) >= 11 is 0. The molecular formula is C29H32FN7O2. The third kappa shape index (κ3) is 5.51. The van der Waals surface area contributed by atoms with E-state index in [1.807, 2.05) is 24.4 Å². The Morgan fingerprint density at radius 1 is 1.23 bits per heavy atom. The van der Waals surface area contributed by atoms with Crippen molar-refractivity contribution in [3.63, 3.8) is 0 Å². The second-order valence-electron chi connectivity index (χ2n) is 10.3. The molecule has 6 rings (SSSR count). The maximum atomic E-state index is 15.1. The van der Waals surface area contributed by atoms with Gasteiger partial charge >= 0.3 is 0 Å². The van der Waals surface area contributed by atoms with Gasteiger partial charge in [-0.1, -0.05) is 6.58 Å². The number of fused-ring (bicyclic) bond motifs is 1. The van der Waals surface area contributed by atoms with Crippen LogP contribution < -0.4 is 20.3 Å². The second-order valence-corrected chi connectivity index (χ2v) is 10.3. The van der Waals surface area contributed by atoms with Crippen molar-refractivity contribution >= 4 is 34.3 Å². The summed E-state index contributed by atoms with van der Waals surface area (Å²) in [5, 5.41) is 6.83. The smallest absolute Gasteiger partial charge is 0.247 e. The fourth-order valence-corrected chi connectivity index (χ4v) is 5.05. The van der Waals surface area contributed by atoms with E-state index in [0.29, 0.717) is 46.9 Å². The Hall–Kier alpha value is -4.18. The van der Waals surface area contributed by atoms with Crippen molar-refractivity contribution in [2.24, 2.45) is 0 Å². The van der Waals surface area contributed by atoms with Gasteiger partial charge in [0.05, 0.1) is 11.1 Å². The molecule has 1 saturated heterocycles. The molecule has 39 heavy (non-hydrogen) atoms. The number of likely N-dealkylation sites (N-methyl/N-ethyl adjacent to an activating group) is 1. The lowest BCUT2D eigenvalue weighted by Crippen LogP contribution is -2.44. The number of rotatable bonds is 8. The van der Waals surface area contributed by atoms with Crippen LogP contribution in [0.5, 0.6) is 5.88 Å². The molecular weight excluding hydrogens is 497 g/mol. The van der Waals surface area contributed by atoms with Gasteiger partial charge in [-0.15, -0.1) is 0 Å². The van der Waals surface area contributed by atoms with Crippen molar-refractivity contribution in [1.82, 2.24) is 25.2 Å². The van der Waals surface area contributed by atoms with E-state index in [-0.39, 0.29) is 11.7 Å². The quantitative estimate of drug-likeness (QED) is 0.364. The fraction of sp³-hybridized carbons (Fsp3) is 0.345. The number of hydrogen-bond donors (Lipinski definition) is 3. The summed E-state index contributed by atoms with van der Waals surface area (Å²) in [7, 11) is 2.08. The predicted molar refractivity (Wildman–Crippen MR) is 150 cm³/mol. The van der Waals surface area contributed by atoms with Crippen LogP contribution in [0.4, 0.5) is 21.7 Å². The number of anilines is 3. The third-order valence-electron chi connectivity index (χ3n) is 7.35. The van der Waals surface area contributed by atoms with Gasteiger partial charge in [0, 0.05) is 43.8 Å². The number of amides is 1. The standard InChI is InChI=1S/C29H32FN7O2/c1-3-25(38)32-19-5-4-6-21(15-19)39-28-26-22(18-7-8-18)17-31-27(26)34-29(35-28)33-20-9-10-24(23(30)16-20)37-13-11-36(2)12-14-37/h3,6,9-10,15-18H,1,4-5,7-8,11-14H2,2H3,(H,32,38)(H2,31,33,34,35). The van der Waals surface area contributed by atoms with Crippen molar-refractivity contribution in [3.05, 3.63) is 72.0 Å². The molecule has 0 unspecified atom stereocenters. The lowest BCUT2D eigenvalue weighted by Gasteiger charge is -2.34. The van der Waals surface area contributed by atoms with Crippen LogP contribution in [0, 0.1) is 5.82 Å². The largest absolute Gasteiger partial charge is 0.438 e. The molecule has 3 heterocycles. The number of aromatic amines is 1. The van der Waals surface area contributed by atoms with Gasteiger partial charge in [0.1, 0.15) is 17.2 Å². The Bertz CT molecular complexity index is 1480. The number of allylic oxidation sites excluding steroid dienone is 3.